The Kier molecular flexibility index (Phi) is 6.27. The minimum Gasteiger partial charge on any atom is -0.239 e. The lowest BCUT2D eigenvalue weighted by Gasteiger charge is -1.80. The molecule has 0 aliphatic rings. The van der Waals surface area contributed by atoms with Crippen LogP contribution in [0.3, 0.4) is 0 Å². The van der Waals surface area contributed by atoms with Gasteiger partial charge in [0.25, 0.3) is 11.6 Å². The molecule has 0 saturated heterocycles. The quantitative estimate of drug-likeness (QED) is 0.195. The maximum Gasteiger partial charge on any atom is 0.292 e. The second kappa shape index (κ2) is 10.5. The van der Waals surface area contributed by atoms with Crippen LogP contribution >= 0.6 is 0 Å². The average Bonchev–Trinajstić information content (AvgIpc) is 3.76. The third-order valence-electron chi connectivity index (χ3n) is 3.58. The summed E-state index contributed by atoms with van der Waals surface area (Å²) in [5, 5.41) is 63.7. The van der Waals surface area contributed by atoms with E-state index in [1.54, 1.807) is 6.20 Å². The molecule has 0 fully saturated rings. The first-order chi connectivity index (χ1) is 17.9. The molecule has 0 unspecified atom stereocenters. The van der Waals surface area contributed by atoms with Crippen molar-refractivity contribution in [1.29, 1.82) is 0 Å². The normalized spacial score (nSPS) is 10.2. The predicted molar refractivity (Wildman–Crippen MR) is 105 cm³/mol. The second-order valence-electron chi connectivity index (χ2n) is 5.74. The Balaban J connectivity index is 0.0000000988. The van der Waals surface area contributed by atoms with Gasteiger partial charge in [-0.3, -0.25) is 0 Å². The number of hydrogen-bond acceptors (Lipinski definition) is 20. The van der Waals surface area contributed by atoms with Crippen LogP contribution < -0.4 is 0 Å². The molecule has 176 valence electrons. The van der Waals surface area contributed by atoms with Gasteiger partial charge in [-0.25, -0.2) is 9.97 Å². The summed E-state index contributed by atoms with van der Waals surface area (Å²) >= 11 is 0. The van der Waals surface area contributed by atoms with E-state index in [9.17, 15) is 0 Å². The fourth-order valence-electron chi connectivity index (χ4n) is 2.11. The molecule has 24 nitrogen and oxygen atoms in total. The van der Waals surface area contributed by atoms with Crippen LogP contribution in [0.5, 0.6) is 0 Å². The van der Waals surface area contributed by atoms with Gasteiger partial charge < -0.3 is 0 Å². The topological polar surface area (TPSA) is 275 Å². The number of nitrogens with zero attached hydrogens (tertiary/aromatic N) is 24. The molecule has 8 aromatic heterocycles. The molecule has 0 spiro atoms. The first kappa shape index (κ1) is 21.5. The Labute approximate surface area is 194 Å². The summed E-state index contributed by atoms with van der Waals surface area (Å²) in [6.07, 6.45) is 12.0. The van der Waals surface area contributed by atoms with Crippen molar-refractivity contribution in [3.05, 3.63) is 49.8 Å². The SMILES string of the molecule is c1cn2nnnc2nn1.c1cnn2nnnc2n1.c1ncc2nnnn2n1.c1nncn2nnnc12. The van der Waals surface area contributed by atoms with Gasteiger partial charge in [0.2, 0.25) is 11.3 Å². The van der Waals surface area contributed by atoms with E-state index in [0.717, 1.165) is 0 Å². The fraction of sp³-hybridized carbons (Fsp3) is 0. The number of fused-ring (bicyclic) bond motifs is 4. The molecule has 0 N–H and O–H groups in total. The van der Waals surface area contributed by atoms with E-state index in [0.29, 0.717) is 22.8 Å². The smallest absolute Gasteiger partial charge is 0.239 e. The van der Waals surface area contributed by atoms with Crippen LogP contribution in [0.25, 0.3) is 22.8 Å². The average molecular weight is 488 g/mol. The molecular weight excluding hydrogens is 480 g/mol. The summed E-state index contributed by atoms with van der Waals surface area (Å²) < 4.78 is 5.42. The summed E-state index contributed by atoms with van der Waals surface area (Å²) in [6.45, 7) is 0. The Morgan fingerprint density at radius 2 is 1.36 bits per heavy atom. The van der Waals surface area contributed by atoms with E-state index in [1.165, 1.54) is 61.9 Å². The first-order valence-corrected chi connectivity index (χ1v) is 9.26. The maximum absolute atomic E-state index is 3.81. The zero-order chi connectivity index (χ0) is 24.4. The highest BCUT2D eigenvalue weighted by Crippen LogP contribution is 1.86. The van der Waals surface area contributed by atoms with E-state index < -0.39 is 0 Å². The Morgan fingerprint density at radius 1 is 0.556 bits per heavy atom. The van der Waals surface area contributed by atoms with Gasteiger partial charge >= 0.3 is 0 Å². The van der Waals surface area contributed by atoms with Crippen molar-refractivity contribution >= 4 is 22.8 Å². The highest BCUT2D eigenvalue weighted by molar-refractivity contribution is 5.28. The highest BCUT2D eigenvalue weighted by atomic mass is 15.6. The van der Waals surface area contributed by atoms with Gasteiger partial charge in [0, 0.05) is 0 Å². The number of tetrazole rings is 4. The lowest BCUT2D eigenvalue weighted by atomic mass is 10.8. The zero-order valence-electron chi connectivity index (χ0n) is 17.4. The molecule has 0 bridgehead atoms. The van der Waals surface area contributed by atoms with Crippen molar-refractivity contribution in [3.8, 4) is 0 Å². The third-order valence-corrected chi connectivity index (χ3v) is 3.58. The number of aromatic nitrogens is 24. The van der Waals surface area contributed by atoms with Crippen molar-refractivity contribution in [1.82, 2.24) is 121 Å². The summed E-state index contributed by atoms with van der Waals surface area (Å²) in [7, 11) is 0. The third kappa shape index (κ3) is 5.16. The summed E-state index contributed by atoms with van der Waals surface area (Å²) in [4.78, 5) is 7.52. The molecule has 0 amide bonds. The van der Waals surface area contributed by atoms with Gasteiger partial charge in [-0.15, -0.1) is 30.1 Å². The molecule has 0 aliphatic heterocycles. The molecule has 8 heterocycles. The minimum absolute atomic E-state index is 0.414. The summed E-state index contributed by atoms with van der Waals surface area (Å²) in [6, 6.07) is 0. The van der Waals surface area contributed by atoms with E-state index in [-0.39, 0.29) is 0 Å². The van der Waals surface area contributed by atoms with E-state index in [1.807, 2.05) is 0 Å². The van der Waals surface area contributed by atoms with Crippen LogP contribution in [-0.2, 0) is 0 Å². The molecule has 0 aromatic carbocycles. The van der Waals surface area contributed by atoms with Gasteiger partial charge in [-0.05, 0) is 41.7 Å². The summed E-state index contributed by atoms with van der Waals surface area (Å²) in [5.74, 6) is 0.829. The molecule has 0 radical (unpaired) electrons. The number of hydrogen-bond donors (Lipinski definition) is 0. The van der Waals surface area contributed by atoms with E-state index >= 15 is 0 Å². The van der Waals surface area contributed by atoms with Gasteiger partial charge in [-0.2, -0.15) is 24.3 Å². The predicted octanol–water partition coefficient (Wildman–Crippen LogP) is -4.34. The highest BCUT2D eigenvalue weighted by Gasteiger charge is 1.94. The molecule has 8 aromatic rings. The van der Waals surface area contributed by atoms with E-state index in [4.69, 9.17) is 0 Å². The van der Waals surface area contributed by atoms with Crippen LogP contribution in [0.2, 0.25) is 0 Å². The van der Waals surface area contributed by atoms with Crippen molar-refractivity contribution in [3.63, 3.8) is 0 Å². The Morgan fingerprint density at radius 3 is 2.25 bits per heavy atom. The van der Waals surface area contributed by atoms with Gasteiger partial charge in [-0.1, -0.05) is 14.8 Å². The lowest BCUT2D eigenvalue weighted by molar-refractivity contribution is 0.723. The van der Waals surface area contributed by atoms with Crippen molar-refractivity contribution in [2.24, 2.45) is 0 Å². The van der Waals surface area contributed by atoms with Crippen molar-refractivity contribution in [2.75, 3.05) is 0 Å². The molecule has 0 aliphatic carbocycles. The molecule has 0 saturated carbocycles. The van der Waals surface area contributed by atoms with Crippen LogP contribution in [-0.4, -0.2) is 121 Å². The summed E-state index contributed by atoms with van der Waals surface area (Å²) in [5.41, 5.74) is 1.16. The largest absolute Gasteiger partial charge is 0.292 e. The van der Waals surface area contributed by atoms with Crippen LogP contribution in [0.15, 0.2) is 49.8 Å². The molecule has 8 rings (SSSR count). The second-order valence-corrected chi connectivity index (χ2v) is 5.74. The molecule has 24 heteroatoms. The Bertz CT molecular complexity index is 1390. The molecular formula is C12H8N24. The van der Waals surface area contributed by atoms with Crippen LogP contribution in [0.4, 0.5) is 0 Å². The first-order valence-electron chi connectivity index (χ1n) is 9.26. The van der Waals surface area contributed by atoms with Gasteiger partial charge in [0.15, 0.2) is 0 Å². The standard InChI is InChI=1S/4C3H2N6/c1-3-6-7-8-9(3)2-5-4-1;1-3-6-7-8-9(3)5-2-4-1;1-2-9-3(5-4-1)6-7-8-9;1-2-5-9-3(4-1)6-7-8-9/h4*1-2H. The maximum atomic E-state index is 3.81. The lowest BCUT2D eigenvalue weighted by Crippen LogP contribution is -1.93. The van der Waals surface area contributed by atoms with Crippen molar-refractivity contribution in [2.45, 2.75) is 0 Å². The van der Waals surface area contributed by atoms with Crippen molar-refractivity contribution < 1.29 is 0 Å². The zero-order valence-corrected chi connectivity index (χ0v) is 17.4. The fourth-order valence-corrected chi connectivity index (χ4v) is 2.11. The monoisotopic (exact) mass is 488 g/mol. The van der Waals surface area contributed by atoms with Gasteiger partial charge in [0.1, 0.15) is 12.7 Å². The molecule has 36 heavy (non-hydrogen) atoms. The number of rotatable bonds is 0. The van der Waals surface area contributed by atoms with Crippen LogP contribution in [0, 0.1) is 0 Å². The van der Waals surface area contributed by atoms with Crippen LogP contribution in [0.1, 0.15) is 0 Å². The minimum atomic E-state index is 0.414. The molecule has 0 atom stereocenters. The van der Waals surface area contributed by atoms with Gasteiger partial charge in [0.05, 0.1) is 37.2 Å². The Hall–Kier alpha value is -6.36. The van der Waals surface area contributed by atoms with E-state index in [2.05, 4.69) is 103 Å².